The van der Waals surface area contributed by atoms with Gasteiger partial charge in [-0.3, -0.25) is 0 Å². The van der Waals surface area contributed by atoms with Gasteiger partial charge in [0.1, 0.15) is 5.03 Å². The molecule has 1 aromatic heterocycles. The summed E-state index contributed by atoms with van der Waals surface area (Å²) in [5.41, 5.74) is 1.39. The van der Waals surface area contributed by atoms with Crippen LogP contribution < -0.4 is 0 Å². The van der Waals surface area contributed by atoms with Gasteiger partial charge in [-0.1, -0.05) is 94.0 Å². The van der Waals surface area contributed by atoms with Crippen LogP contribution in [0.1, 0.15) is 46.6 Å². The topological polar surface area (TPSA) is 12.9 Å². The van der Waals surface area contributed by atoms with Gasteiger partial charge in [-0.25, -0.2) is 4.98 Å². The molecule has 0 spiro atoms. The molecule has 0 aliphatic heterocycles. The Labute approximate surface area is 182 Å². The largest absolute Gasteiger partial charge is 0.249 e. The first-order chi connectivity index (χ1) is 12.7. The van der Waals surface area contributed by atoms with Crippen molar-refractivity contribution in [1.82, 2.24) is 4.98 Å². The predicted molar refractivity (Wildman–Crippen MR) is 130 cm³/mol. The second-order valence-corrected chi connectivity index (χ2v) is 12.7. The van der Waals surface area contributed by atoms with E-state index in [1.807, 2.05) is 47.0 Å². The molecule has 0 bridgehead atoms. The Morgan fingerprint density at radius 1 is 1.04 bits per heavy atom. The molecule has 0 aliphatic rings. The second-order valence-electron chi connectivity index (χ2n) is 7.89. The van der Waals surface area contributed by atoms with Crippen LogP contribution in [0.4, 0.5) is 0 Å². The van der Waals surface area contributed by atoms with E-state index >= 15 is 0 Å². The number of thiocarbonyl (C=S) groups is 1. The molecule has 1 nitrogen and oxygen atoms in total. The van der Waals surface area contributed by atoms with E-state index in [0.717, 1.165) is 20.5 Å². The van der Waals surface area contributed by atoms with Crippen LogP contribution in [0.2, 0.25) is 0 Å². The molecule has 1 aromatic carbocycles. The fraction of sp³-hybridized carbons (Fsp3) is 0.455. The molecule has 0 saturated heterocycles. The van der Waals surface area contributed by atoms with Gasteiger partial charge in [-0.05, 0) is 46.2 Å². The summed E-state index contributed by atoms with van der Waals surface area (Å²) < 4.78 is 1.07. The van der Waals surface area contributed by atoms with Gasteiger partial charge in [-0.15, -0.1) is 11.8 Å². The van der Waals surface area contributed by atoms with E-state index in [2.05, 4.69) is 69.9 Å². The van der Waals surface area contributed by atoms with Crippen molar-refractivity contribution in [1.29, 1.82) is 0 Å². The van der Waals surface area contributed by atoms with Crippen molar-refractivity contribution in [2.45, 2.75) is 50.8 Å². The normalized spacial score (nSPS) is 13.4. The van der Waals surface area contributed by atoms with Crippen LogP contribution >= 0.6 is 45.6 Å². The molecule has 27 heavy (non-hydrogen) atoms. The van der Waals surface area contributed by atoms with Crippen LogP contribution in [-0.2, 0) is 0 Å². The first-order valence-corrected chi connectivity index (χ1v) is 12.8. The van der Waals surface area contributed by atoms with Crippen molar-refractivity contribution in [3.63, 3.8) is 0 Å². The summed E-state index contributed by atoms with van der Waals surface area (Å²) in [6.07, 6.45) is 3.02. The highest BCUT2D eigenvalue weighted by Gasteiger charge is 2.38. The fourth-order valence-corrected chi connectivity index (χ4v) is 7.14. The fourth-order valence-electron chi connectivity index (χ4n) is 2.92. The molecule has 0 N–H and O–H groups in total. The highest BCUT2D eigenvalue weighted by Crippen LogP contribution is 2.46. The minimum atomic E-state index is 0.0786. The Balaban J connectivity index is 1.88. The lowest BCUT2D eigenvalue weighted by Gasteiger charge is -2.42. The second kappa shape index (κ2) is 10.3. The first-order valence-electron chi connectivity index (χ1n) is 9.21. The lowest BCUT2D eigenvalue weighted by molar-refractivity contribution is 0.188. The van der Waals surface area contributed by atoms with Crippen molar-refractivity contribution in [2.75, 3.05) is 5.75 Å². The van der Waals surface area contributed by atoms with Crippen LogP contribution in [0.25, 0.3) is 0 Å². The molecule has 0 fully saturated rings. The third-order valence-corrected chi connectivity index (χ3v) is 9.25. The standard InChI is InChI=1S/C22H29NS4/c1-17(22(4,5)26-20(24)18-11-7-6-8-12-18)21(2,3)14-16-25-27-19-13-9-10-15-23-19/h6-13,15,17H,14,16H2,1-5H3. The maximum atomic E-state index is 5.72. The maximum Gasteiger partial charge on any atom is 0.106 e. The van der Waals surface area contributed by atoms with Crippen LogP contribution in [0.3, 0.4) is 0 Å². The SMILES string of the molecule is CC(C(C)(C)CCSSc1ccccn1)C(C)(C)SC(=S)c1ccccc1. The average molecular weight is 436 g/mol. The molecule has 0 aliphatic carbocycles. The van der Waals surface area contributed by atoms with Gasteiger partial charge in [0, 0.05) is 16.7 Å². The zero-order valence-corrected chi connectivity index (χ0v) is 20.0. The van der Waals surface area contributed by atoms with Crippen molar-refractivity contribution in [3.8, 4) is 0 Å². The number of hydrogen-bond donors (Lipinski definition) is 0. The Kier molecular flexibility index (Phi) is 8.72. The number of aromatic nitrogens is 1. The molecule has 1 atom stereocenters. The monoisotopic (exact) mass is 435 g/mol. The maximum absolute atomic E-state index is 5.72. The van der Waals surface area contributed by atoms with Gasteiger partial charge in [0.25, 0.3) is 0 Å². The molecule has 2 aromatic rings. The number of benzene rings is 1. The summed E-state index contributed by atoms with van der Waals surface area (Å²) in [5, 5.41) is 1.08. The van der Waals surface area contributed by atoms with Gasteiger partial charge < -0.3 is 0 Å². The lowest BCUT2D eigenvalue weighted by atomic mass is 9.72. The Morgan fingerprint density at radius 2 is 1.70 bits per heavy atom. The zero-order chi connectivity index (χ0) is 19.9. The molecule has 1 unspecified atom stereocenters. The Hall–Kier alpha value is -0.490. The molecule has 146 valence electrons. The number of hydrogen-bond acceptors (Lipinski definition) is 5. The number of rotatable bonds is 9. The van der Waals surface area contributed by atoms with Crippen LogP contribution in [-0.4, -0.2) is 19.7 Å². The number of nitrogens with zero attached hydrogens (tertiary/aromatic N) is 1. The number of thioether (sulfide) groups is 1. The van der Waals surface area contributed by atoms with Crippen molar-refractivity contribution in [2.24, 2.45) is 11.3 Å². The summed E-state index contributed by atoms with van der Waals surface area (Å²) >= 11 is 7.56. The Bertz CT molecular complexity index is 714. The molecule has 0 radical (unpaired) electrons. The molecular formula is C22H29NS4. The molecule has 2 rings (SSSR count). The van der Waals surface area contributed by atoms with E-state index in [9.17, 15) is 0 Å². The third-order valence-electron chi connectivity index (χ3n) is 5.19. The van der Waals surface area contributed by atoms with Crippen LogP contribution in [0.15, 0.2) is 59.8 Å². The minimum Gasteiger partial charge on any atom is -0.249 e. The van der Waals surface area contributed by atoms with Crippen LogP contribution in [0.5, 0.6) is 0 Å². The van der Waals surface area contributed by atoms with Gasteiger partial charge in [0.15, 0.2) is 0 Å². The Morgan fingerprint density at radius 3 is 2.33 bits per heavy atom. The van der Waals surface area contributed by atoms with E-state index in [1.54, 1.807) is 10.8 Å². The predicted octanol–water partition coefficient (Wildman–Crippen LogP) is 7.76. The summed E-state index contributed by atoms with van der Waals surface area (Å²) in [5.74, 6) is 1.64. The molecule has 0 saturated carbocycles. The lowest BCUT2D eigenvalue weighted by Crippen LogP contribution is -2.38. The van der Waals surface area contributed by atoms with E-state index in [4.69, 9.17) is 12.2 Å². The van der Waals surface area contributed by atoms with Gasteiger partial charge in [0.2, 0.25) is 0 Å². The quantitative estimate of drug-likeness (QED) is 0.226. The summed E-state index contributed by atoms with van der Waals surface area (Å²) in [6, 6.07) is 16.4. The smallest absolute Gasteiger partial charge is 0.106 e. The molecular weight excluding hydrogens is 407 g/mol. The van der Waals surface area contributed by atoms with Crippen molar-refractivity contribution in [3.05, 3.63) is 60.3 Å². The minimum absolute atomic E-state index is 0.0786. The first kappa shape index (κ1) is 22.8. The highest BCUT2D eigenvalue weighted by molar-refractivity contribution is 8.76. The van der Waals surface area contributed by atoms with Gasteiger partial charge in [0.05, 0.1) is 4.20 Å². The van der Waals surface area contributed by atoms with Crippen LogP contribution in [0, 0.1) is 11.3 Å². The van der Waals surface area contributed by atoms with Gasteiger partial charge >= 0.3 is 0 Å². The van der Waals surface area contributed by atoms with Crippen molar-refractivity contribution >= 4 is 49.8 Å². The molecule has 5 heteroatoms. The molecule has 0 amide bonds. The van der Waals surface area contributed by atoms with Crippen molar-refractivity contribution < 1.29 is 0 Å². The average Bonchev–Trinajstić information content (AvgIpc) is 2.66. The number of pyridine rings is 1. The van der Waals surface area contributed by atoms with E-state index in [0.29, 0.717) is 5.92 Å². The third kappa shape index (κ3) is 7.12. The van der Waals surface area contributed by atoms with E-state index < -0.39 is 0 Å². The summed E-state index contributed by atoms with van der Waals surface area (Å²) in [7, 11) is 3.66. The van der Waals surface area contributed by atoms with E-state index in [-0.39, 0.29) is 10.2 Å². The van der Waals surface area contributed by atoms with E-state index in [1.165, 1.54) is 6.42 Å². The zero-order valence-electron chi connectivity index (χ0n) is 16.8. The van der Waals surface area contributed by atoms with Gasteiger partial charge in [-0.2, -0.15) is 0 Å². The summed E-state index contributed by atoms with van der Waals surface area (Å²) in [6.45, 7) is 11.8. The molecule has 1 heterocycles. The summed E-state index contributed by atoms with van der Waals surface area (Å²) in [4.78, 5) is 4.37. The highest BCUT2D eigenvalue weighted by atomic mass is 33.1.